The summed E-state index contributed by atoms with van der Waals surface area (Å²) in [4.78, 5) is 28.5. The zero-order valence-electron chi connectivity index (χ0n) is 16.7. The van der Waals surface area contributed by atoms with E-state index in [1.807, 2.05) is 6.92 Å². The van der Waals surface area contributed by atoms with Crippen molar-refractivity contribution in [2.45, 2.75) is 46.5 Å². The van der Waals surface area contributed by atoms with E-state index in [1.165, 1.54) is 6.42 Å². The zero-order chi connectivity index (χ0) is 18.7. The predicted molar refractivity (Wildman–Crippen MR) is 104 cm³/mol. The number of carbonyl (C=O) groups excluding carboxylic acids is 1. The number of aryl methyl sites for hydroxylation is 1. The van der Waals surface area contributed by atoms with Crippen molar-refractivity contribution in [1.82, 2.24) is 19.8 Å². The van der Waals surface area contributed by atoms with Crippen molar-refractivity contribution in [3.05, 3.63) is 17.6 Å². The average Bonchev–Trinajstić information content (AvgIpc) is 2.61. The van der Waals surface area contributed by atoms with Gasteiger partial charge in [0.05, 0.1) is 6.54 Å². The molecule has 2 aliphatic heterocycles. The Balaban J connectivity index is 1.53. The SMILES string of the molecule is Cc1cc(N2CCN(CC(=O)N3CCCC(C)C3)CC2)nc(C(C)C)n1. The highest BCUT2D eigenvalue weighted by Gasteiger charge is 2.25. The zero-order valence-corrected chi connectivity index (χ0v) is 16.7. The molecule has 26 heavy (non-hydrogen) atoms. The highest BCUT2D eigenvalue weighted by atomic mass is 16.2. The summed E-state index contributed by atoms with van der Waals surface area (Å²) < 4.78 is 0. The maximum Gasteiger partial charge on any atom is 0.236 e. The molecule has 0 aliphatic carbocycles. The summed E-state index contributed by atoms with van der Waals surface area (Å²) in [7, 11) is 0. The molecule has 1 amide bonds. The van der Waals surface area contributed by atoms with Gasteiger partial charge in [-0.15, -0.1) is 0 Å². The molecule has 0 radical (unpaired) electrons. The molecule has 2 saturated heterocycles. The Morgan fingerprint density at radius 1 is 1.19 bits per heavy atom. The first-order chi connectivity index (χ1) is 12.4. The molecule has 2 aliphatic rings. The van der Waals surface area contributed by atoms with E-state index in [9.17, 15) is 4.79 Å². The summed E-state index contributed by atoms with van der Waals surface area (Å²) in [6, 6.07) is 2.07. The minimum Gasteiger partial charge on any atom is -0.354 e. The third-order valence-corrected chi connectivity index (χ3v) is 5.44. The predicted octanol–water partition coefficient (Wildman–Crippen LogP) is 2.29. The standard InChI is InChI=1S/C20H33N5O/c1-15(2)20-21-17(4)12-18(22-20)24-10-8-23(9-11-24)14-19(26)25-7-5-6-16(3)13-25/h12,15-16H,5-11,13-14H2,1-4H3. The lowest BCUT2D eigenvalue weighted by Crippen LogP contribution is -2.51. The molecule has 1 atom stereocenters. The molecule has 6 heteroatoms. The van der Waals surface area contributed by atoms with Gasteiger partial charge in [0.2, 0.25) is 5.91 Å². The molecule has 2 fully saturated rings. The lowest BCUT2D eigenvalue weighted by molar-refractivity contribution is -0.134. The van der Waals surface area contributed by atoms with Gasteiger partial charge in [-0.25, -0.2) is 9.97 Å². The van der Waals surface area contributed by atoms with Gasteiger partial charge in [0.1, 0.15) is 11.6 Å². The summed E-state index contributed by atoms with van der Waals surface area (Å²) in [5.41, 5.74) is 1.02. The van der Waals surface area contributed by atoms with Crippen LogP contribution in [-0.2, 0) is 4.79 Å². The van der Waals surface area contributed by atoms with Crippen LogP contribution in [0, 0.1) is 12.8 Å². The van der Waals surface area contributed by atoms with E-state index in [-0.39, 0.29) is 0 Å². The summed E-state index contributed by atoms with van der Waals surface area (Å²) in [5.74, 6) is 3.21. The average molecular weight is 360 g/mol. The number of hydrogen-bond donors (Lipinski definition) is 0. The smallest absolute Gasteiger partial charge is 0.236 e. The lowest BCUT2D eigenvalue weighted by Gasteiger charge is -2.37. The Morgan fingerprint density at radius 2 is 1.92 bits per heavy atom. The number of nitrogens with zero attached hydrogens (tertiary/aromatic N) is 5. The van der Waals surface area contributed by atoms with E-state index in [1.54, 1.807) is 0 Å². The first-order valence-electron chi connectivity index (χ1n) is 10.0. The van der Waals surface area contributed by atoms with Crippen molar-refractivity contribution in [2.75, 3.05) is 50.7 Å². The van der Waals surface area contributed by atoms with Crippen molar-refractivity contribution >= 4 is 11.7 Å². The summed E-state index contributed by atoms with van der Waals surface area (Å²) in [6.07, 6.45) is 2.39. The Hall–Kier alpha value is -1.69. The van der Waals surface area contributed by atoms with Crippen LogP contribution in [0.2, 0.25) is 0 Å². The Kier molecular flexibility index (Phi) is 6.12. The molecule has 1 aromatic rings. The monoisotopic (exact) mass is 359 g/mol. The van der Waals surface area contributed by atoms with E-state index < -0.39 is 0 Å². The molecule has 0 spiro atoms. The Labute approximate surface area is 157 Å². The summed E-state index contributed by atoms with van der Waals surface area (Å²) in [6.45, 7) is 14.6. The van der Waals surface area contributed by atoms with Gasteiger partial charge in [0.25, 0.3) is 0 Å². The van der Waals surface area contributed by atoms with Crippen LogP contribution in [-0.4, -0.2) is 71.5 Å². The van der Waals surface area contributed by atoms with Crippen LogP contribution in [0.3, 0.4) is 0 Å². The fourth-order valence-electron chi connectivity index (χ4n) is 3.84. The fourth-order valence-corrected chi connectivity index (χ4v) is 3.84. The maximum atomic E-state index is 12.6. The van der Waals surface area contributed by atoms with E-state index in [4.69, 9.17) is 4.98 Å². The van der Waals surface area contributed by atoms with E-state index in [0.29, 0.717) is 24.3 Å². The highest BCUT2D eigenvalue weighted by molar-refractivity contribution is 5.78. The van der Waals surface area contributed by atoms with Crippen molar-refractivity contribution in [1.29, 1.82) is 0 Å². The van der Waals surface area contributed by atoms with Gasteiger partial charge in [-0.2, -0.15) is 0 Å². The number of carbonyl (C=O) groups is 1. The maximum absolute atomic E-state index is 12.6. The van der Waals surface area contributed by atoms with Gasteiger partial charge < -0.3 is 9.80 Å². The minimum atomic E-state index is 0.296. The van der Waals surface area contributed by atoms with Gasteiger partial charge in [-0.1, -0.05) is 20.8 Å². The third-order valence-electron chi connectivity index (χ3n) is 5.44. The first-order valence-corrected chi connectivity index (χ1v) is 10.0. The number of rotatable bonds is 4. The molecule has 0 aromatic carbocycles. The van der Waals surface area contributed by atoms with Gasteiger partial charge in [-0.3, -0.25) is 9.69 Å². The van der Waals surface area contributed by atoms with Gasteiger partial charge in [0, 0.05) is 56.9 Å². The van der Waals surface area contributed by atoms with E-state index in [2.05, 4.69) is 46.5 Å². The first kappa shape index (κ1) is 19.1. The summed E-state index contributed by atoms with van der Waals surface area (Å²) >= 11 is 0. The van der Waals surface area contributed by atoms with Gasteiger partial charge in [0.15, 0.2) is 0 Å². The molecule has 0 bridgehead atoms. The van der Waals surface area contributed by atoms with Crippen LogP contribution in [0.4, 0.5) is 5.82 Å². The lowest BCUT2D eigenvalue weighted by atomic mass is 10.0. The topological polar surface area (TPSA) is 52.6 Å². The number of hydrogen-bond acceptors (Lipinski definition) is 5. The fraction of sp³-hybridized carbons (Fsp3) is 0.750. The van der Waals surface area contributed by atoms with Crippen LogP contribution in [0.5, 0.6) is 0 Å². The number of piperazine rings is 1. The van der Waals surface area contributed by atoms with Crippen LogP contribution < -0.4 is 4.90 Å². The van der Waals surface area contributed by atoms with Crippen molar-refractivity contribution in [3.63, 3.8) is 0 Å². The number of likely N-dealkylation sites (tertiary alicyclic amines) is 1. The van der Waals surface area contributed by atoms with Crippen molar-refractivity contribution in [3.8, 4) is 0 Å². The number of amides is 1. The normalized spacial score (nSPS) is 22.1. The van der Waals surface area contributed by atoms with Crippen LogP contribution in [0.25, 0.3) is 0 Å². The summed E-state index contributed by atoms with van der Waals surface area (Å²) in [5, 5.41) is 0. The largest absolute Gasteiger partial charge is 0.354 e. The Morgan fingerprint density at radius 3 is 2.58 bits per heavy atom. The second-order valence-corrected chi connectivity index (χ2v) is 8.23. The van der Waals surface area contributed by atoms with E-state index >= 15 is 0 Å². The Bertz CT molecular complexity index is 625. The van der Waals surface area contributed by atoms with Crippen molar-refractivity contribution in [2.24, 2.45) is 5.92 Å². The second-order valence-electron chi connectivity index (χ2n) is 8.23. The minimum absolute atomic E-state index is 0.296. The molecule has 0 N–H and O–H groups in total. The number of aromatic nitrogens is 2. The number of piperidine rings is 1. The molecule has 3 heterocycles. The third kappa shape index (κ3) is 4.72. The molecule has 1 unspecified atom stereocenters. The highest BCUT2D eigenvalue weighted by Crippen LogP contribution is 2.19. The van der Waals surface area contributed by atoms with E-state index in [0.717, 1.165) is 63.0 Å². The van der Waals surface area contributed by atoms with Gasteiger partial charge in [-0.05, 0) is 25.7 Å². The molecule has 0 saturated carbocycles. The van der Waals surface area contributed by atoms with Crippen LogP contribution >= 0.6 is 0 Å². The molecule has 3 rings (SSSR count). The van der Waals surface area contributed by atoms with Crippen molar-refractivity contribution < 1.29 is 4.79 Å². The van der Waals surface area contributed by atoms with Crippen LogP contribution in [0.1, 0.15) is 51.0 Å². The molecule has 1 aromatic heterocycles. The number of anilines is 1. The molecular weight excluding hydrogens is 326 g/mol. The molecule has 144 valence electrons. The van der Waals surface area contributed by atoms with Crippen LogP contribution in [0.15, 0.2) is 6.07 Å². The quantitative estimate of drug-likeness (QED) is 0.826. The molecule has 6 nitrogen and oxygen atoms in total. The second kappa shape index (κ2) is 8.33. The molecular formula is C20H33N5O. The van der Waals surface area contributed by atoms with Gasteiger partial charge >= 0.3 is 0 Å².